The molecular weight excluding hydrogens is 206 g/mol. The fraction of sp³-hybridized carbons (Fsp3) is 1.00. The van der Waals surface area contributed by atoms with E-state index in [1.165, 1.54) is 0 Å². The predicted molar refractivity (Wildman–Crippen MR) is 64.6 cm³/mol. The minimum atomic E-state index is 0.803. The van der Waals surface area contributed by atoms with E-state index in [0.29, 0.717) is 0 Å². The van der Waals surface area contributed by atoms with Crippen LogP contribution in [0.5, 0.6) is 0 Å². The van der Waals surface area contributed by atoms with Crippen LogP contribution < -0.4 is 11.1 Å². The lowest BCUT2D eigenvalue weighted by atomic mass is 10.3. The number of nitrogens with two attached hydrogens (primary N) is 1. The number of rotatable bonds is 3. The van der Waals surface area contributed by atoms with Gasteiger partial charge >= 0.3 is 0 Å². The molecule has 2 heterocycles. The minimum Gasteiger partial charge on any atom is -0.379 e. The molecule has 2 saturated heterocycles. The molecule has 5 nitrogen and oxygen atoms in total. The Morgan fingerprint density at radius 1 is 1.00 bits per heavy atom. The van der Waals surface area contributed by atoms with Crippen LogP contribution in [0.4, 0.5) is 0 Å². The summed E-state index contributed by atoms with van der Waals surface area (Å²) in [7, 11) is 0. The second kappa shape index (κ2) is 9.99. The zero-order valence-corrected chi connectivity index (χ0v) is 10.1. The molecule has 2 aliphatic rings. The third-order valence-corrected chi connectivity index (χ3v) is 2.63. The van der Waals surface area contributed by atoms with Crippen LogP contribution in [0.3, 0.4) is 0 Å². The van der Waals surface area contributed by atoms with Crippen molar-refractivity contribution in [2.24, 2.45) is 5.73 Å². The van der Waals surface area contributed by atoms with E-state index >= 15 is 0 Å². The molecule has 5 heteroatoms. The summed E-state index contributed by atoms with van der Waals surface area (Å²) in [6.07, 6.45) is 1.11. The average Bonchev–Trinajstić information content (AvgIpc) is 2.40. The van der Waals surface area contributed by atoms with Gasteiger partial charge in [-0.2, -0.15) is 0 Å². The van der Waals surface area contributed by atoms with E-state index in [1.54, 1.807) is 0 Å². The van der Waals surface area contributed by atoms with Gasteiger partial charge in [0.25, 0.3) is 0 Å². The van der Waals surface area contributed by atoms with Crippen LogP contribution in [0.15, 0.2) is 0 Å². The van der Waals surface area contributed by atoms with Gasteiger partial charge in [-0.25, -0.2) is 0 Å². The molecule has 0 aromatic carbocycles. The van der Waals surface area contributed by atoms with E-state index in [0.717, 1.165) is 72.1 Å². The van der Waals surface area contributed by atoms with Crippen LogP contribution in [0.2, 0.25) is 0 Å². The minimum absolute atomic E-state index is 0.803. The monoisotopic (exact) mass is 231 g/mol. The third-order valence-electron chi connectivity index (χ3n) is 2.63. The lowest BCUT2D eigenvalue weighted by Gasteiger charge is -2.26. The SMILES string of the molecule is C1COCCN1.NCCCN1CCOCC1. The highest BCUT2D eigenvalue weighted by atomic mass is 16.5. The smallest absolute Gasteiger partial charge is 0.0594 e. The molecule has 0 saturated carbocycles. The summed E-state index contributed by atoms with van der Waals surface area (Å²) in [6.45, 7) is 9.73. The molecule has 0 aromatic rings. The van der Waals surface area contributed by atoms with Gasteiger partial charge in [0.2, 0.25) is 0 Å². The molecule has 0 aliphatic carbocycles. The highest BCUT2D eigenvalue weighted by Crippen LogP contribution is 1.96. The molecule has 2 aliphatic heterocycles. The topological polar surface area (TPSA) is 59.8 Å². The van der Waals surface area contributed by atoms with Crippen LogP contribution in [0.25, 0.3) is 0 Å². The van der Waals surface area contributed by atoms with Crippen molar-refractivity contribution in [3.63, 3.8) is 0 Å². The van der Waals surface area contributed by atoms with Crippen molar-refractivity contribution >= 4 is 0 Å². The Labute approximate surface area is 98.3 Å². The Kier molecular flexibility index (Phi) is 8.65. The first kappa shape index (κ1) is 13.9. The maximum absolute atomic E-state index is 5.39. The van der Waals surface area contributed by atoms with Crippen molar-refractivity contribution < 1.29 is 9.47 Å². The van der Waals surface area contributed by atoms with Crippen molar-refractivity contribution in [2.75, 3.05) is 65.7 Å². The number of hydrogen-bond donors (Lipinski definition) is 2. The van der Waals surface area contributed by atoms with Gasteiger partial charge in [0, 0.05) is 26.2 Å². The average molecular weight is 231 g/mol. The first-order valence-electron chi connectivity index (χ1n) is 6.22. The van der Waals surface area contributed by atoms with Crippen molar-refractivity contribution in [2.45, 2.75) is 6.42 Å². The lowest BCUT2D eigenvalue weighted by Crippen LogP contribution is -2.37. The zero-order valence-electron chi connectivity index (χ0n) is 10.1. The molecule has 0 bridgehead atoms. The van der Waals surface area contributed by atoms with Crippen molar-refractivity contribution in [3.05, 3.63) is 0 Å². The van der Waals surface area contributed by atoms with Gasteiger partial charge in [0.1, 0.15) is 0 Å². The number of ether oxygens (including phenoxy) is 2. The molecule has 0 atom stereocenters. The predicted octanol–water partition coefficient (Wildman–Crippen LogP) is -0.726. The van der Waals surface area contributed by atoms with Gasteiger partial charge in [0.15, 0.2) is 0 Å². The van der Waals surface area contributed by atoms with E-state index in [4.69, 9.17) is 15.2 Å². The van der Waals surface area contributed by atoms with Crippen molar-refractivity contribution in [1.82, 2.24) is 10.2 Å². The molecule has 2 rings (SSSR count). The van der Waals surface area contributed by atoms with Gasteiger partial charge in [-0.3, -0.25) is 4.90 Å². The van der Waals surface area contributed by atoms with Gasteiger partial charge in [-0.1, -0.05) is 0 Å². The van der Waals surface area contributed by atoms with Crippen molar-refractivity contribution in [1.29, 1.82) is 0 Å². The fourth-order valence-electron chi connectivity index (χ4n) is 1.66. The largest absolute Gasteiger partial charge is 0.379 e. The second-order valence-electron chi connectivity index (χ2n) is 3.96. The first-order valence-corrected chi connectivity index (χ1v) is 6.22. The molecule has 96 valence electrons. The summed E-state index contributed by atoms with van der Waals surface area (Å²) in [5, 5.41) is 3.16. The van der Waals surface area contributed by atoms with Crippen LogP contribution >= 0.6 is 0 Å². The number of morpholine rings is 2. The maximum atomic E-state index is 5.39. The van der Waals surface area contributed by atoms with Crippen LogP contribution in [0.1, 0.15) is 6.42 Å². The number of hydrogen-bond acceptors (Lipinski definition) is 5. The second-order valence-corrected chi connectivity index (χ2v) is 3.96. The third kappa shape index (κ3) is 7.14. The molecular formula is C11H25N3O2. The molecule has 2 fully saturated rings. The molecule has 0 spiro atoms. The van der Waals surface area contributed by atoms with Crippen LogP contribution in [-0.4, -0.2) is 70.6 Å². The number of nitrogens with zero attached hydrogens (tertiary/aromatic N) is 1. The van der Waals surface area contributed by atoms with Gasteiger partial charge in [-0.05, 0) is 19.5 Å². The molecule has 0 aromatic heterocycles. The van der Waals surface area contributed by atoms with E-state index in [-0.39, 0.29) is 0 Å². The molecule has 0 radical (unpaired) electrons. The quantitative estimate of drug-likeness (QED) is 0.671. The highest BCUT2D eigenvalue weighted by Gasteiger charge is 2.08. The molecule has 3 N–H and O–H groups in total. The Bertz CT molecular complexity index is 137. The highest BCUT2D eigenvalue weighted by molar-refractivity contribution is 4.61. The molecule has 0 unspecified atom stereocenters. The Morgan fingerprint density at radius 2 is 1.62 bits per heavy atom. The van der Waals surface area contributed by atoms with Crippen molar-refractivity contribution in [3.8, 4) is 0 Å². The normalized spacial score (nSPS) is 22.3. The zero-order chi connectivity index (χ0) is 11.5. The Morgan fingerprint density at radius 3 is 2.06 bits per heavy atom. The summed E-state index contributed by atoms with van der Waals surface area (Å²) in [5.41, 5.74) is 5.39. The number of nitrogens with one attached hydrogen (secondary N) is 1. The molecule has 0 amide bonds. The maximum Gasteiger partial charge on any atom is 0.0594 e. The lowest BCUT2D eigenvalue weighted by molar-refractivity contribution is 0.0377. The standard InChI is InChI=1S/C7H16N2O.C4H9NO/c8-2-1-3-9-4-6-10-7-5-9;1-3-6-4-2-5-1/h1-8H2;5H,1-4H2. The Balaban J connectivity index is 0.000000181. The van der Waals surface area contributed by atoms with Crippen LogP contribution in [0, 0.1) is 0 Å². The van der Waals surface area contributed by atoms with Gasteiger partial charge in [0.05, 0.1) is 26.4 Å². The van der Waals surface area contributed by atoms with E-state index in [2.05, 4.69) is 10.2 Å². The summed E-state index contributed by atoms with van der Waals surface area (Å²) in [6, 6.07) is 0. The van der Waals surface area contributed by atoms with E-state index in [9.17, 15) is 0 Å². The van der Waals surface area contributed by atoms with E-state index in [1.807, 2.05) is 0 Å². The fourth-order valence-corrected chi connectivity index (χ4v) is 1.66. The summed E-state index contributed by atoms with van der Waals surface area (Å²) < 4.78 is 10.2. The summed E-state index contributed by atoms with van der Waals surface area (Å²) in [5.74, 6) is 0. The Hall–Kier alpha value is -0.200. The van der Waals surface area contributed by atoms with Crippen LogP contribution in [-0.2, 0) is 9.47 Å². The first-order chi connectivity index (χ1) is 7.93. The van der Waals surface area contributed by atoms with Gasteiger partial charge in [-0.15, -0.1) is 0 Å². The summed E-state index contributed by atoms with van der Waals surface area (Å²) >= 11 is 0. The summed E-state index contributed by atoms with van der Waals surface area (Å²) in [4.78, 5) is 2.40. The van der Waals surface area contributed by atoms with Gasteiger partial charge < -0.3 is 20.5 Å². The van der Waals surface area contributed by atoms with E-state index < -0.39 is 0 Å². The molecule has 16 heavy (non-hydrogen) atoms.